The summed E-state index contributed by atoms with van der Waals surface area (Å²) in [4.78, 5) is 15.2. The van der Waals surface area contributed by atoms with Gasteiger partial charge in [-0.2, -0.15) is 0 Å². The van der Waals surface area contributed by atoms with Gasteiger partial charge in [-0.25, -0.2) is 15.0 Å². The van der Waals surface area contributed by atoms with Gasteiger partial charge in [-0.3, -0.25) is 0 Å². The van der Waals surface area contributed by atoms with Gasteiger partial charge in [-0.15, -0.1) is 0 Å². The molecule has 0 radical (unpaired) electrons. The molecular weight excluding hydrogens is 599 g/mol. The molecule has 0 amide bonds. The number of hydrogen-bond donors (Lipinski definition) is 0. The first-order valence-corrected chi connectivity index (χ1v) is 16.4. The lowest BCUT2D eigenvalue weighted by Gasteiger charge is -2.11. The summed E-state index contributed by atoms with van der Waals surface area (Å²) in [5.41, 5.74) is 6.64. The molecule has 4 heteroatoms. The van der Waals surface area contributed by atoms with Gasteiger partial charge in [0.2, 0.25) is 0 Å². The van der Waals surface area contributed by atoms with Crippen LogP contribution >= 0.6 is 0 Å². The fourth-order valence-corrected chi connectivity index (χ4v) is 7.06. The Hall–Kier alpha value is -6.65. The van der Waals surface area contributed by atoms with Crippen molar-refractivity contribution in [1.82, 2.24) is 15.0 Å². The van der Waals surface area contributed by atoms with Crippen LogP contribution in [0.3, 0.4) is 0 Å². The van der Waals surface area contributed by atoms with Gasteiger partial charge in [0.25, 0.3) is 0 Å². The van der Waals surface area contributed by atoms with E-state index >= 15 is 0 Å². The van der Waals surface area contributed by atoms with E-state index in [9.17, 15) is 0 Å². The number of furan rings is 1. The Morgan fingerprint density at radius 2 is 0.816 bits per heavy atom. The van der Waals surface area contributed by atoms with Crippen LogP contribution in [-0.4, -0.2) is 15.0 Å². The van der Waals surface area contributed by atoms with Gasteiger partial charge in [-0.1, -0.05) is 133 Å². The quantitative estimate of drug-likeness (QED) is 0.183. The molecule has 0 bridgehead atoms. The SMILES string of the molecule is c1ccc(-c2cccc(-c3nc(-c4ccc5c(ccc6c7ccccc7ccc56)c4)nc(-c4ccc5c(c4)oc4ccccc45)n3)c2)cc1. The highest BCUT2D eigenvalue weighted by Gasteiger charge is 2.16. The molecule has 4 nitrogen and oxygen atoms in total. The first-order valence-electron chi connectivity index (χ1n) is 16.4. The van der Waals surface area contributed by atoms with E-state index in [1.54, 1.807) is 0 Å². The summed E-state index contributed by atoms with van der Waals surface area (Å²) in [6, 6.07) is 57.0. The normalized spacial score (nSPS) is 11.7. The minimum Gasteiger partial charge on any atom is -0.456 e. The lowest BCUT2D eigenvalue weighted by molar-refractivity contribution is 0.669. The van der Waals surface area contributed by atoms with Crippen molar-refractivity contribution in [2.45, 2.75) is 0 Å². The Kier molecular flexibility index (Phi) is 6.15. The molecule has 0 N–H and O–H groups in total. The molecule has 0 spiro atoms. The predicted molar refractivity (Wildman–Crippen MR) is 201 cm³/mol. The van der Waals surface area contributed by atoms with Gasteiger partial charge < -0.3 is 4.42 Å². The van der Waals surface area contributed by atoms with E-state index < -0.39 is 0 Å². The fourth-order valence-electron chi connectivity index (χ4n) is 7.06. The van der Waals surface area contributed by atoms with Crippen molar-refractivity contribution in [3.05, 3.63) is 164 Å². The average Bonchev–Trinajstić information content (AvgIpc) is 3.55. The molecule has 228 valence electrons. The summed E-state index contributed by atoms with van der Waals surface area (Å²) in [5, 5.41) is 9.49. The number of nitrogens with zero attached hydrogens (tertiary/aromatic N) is 3. The second kappa shape index (κ2) is 11.0. The van der Waals surface area contributed by atoms with Gasteiger partial charge in [0.1, 0.15) is 11.2 Å². The van der Waals surface area contributed by atoms with Crippen LogP contribution in [0.4, 0.5) is 0 Å². The third-order valence-corrected chi connectivity index (χ3v) is 9.50. The number of hydrogen-bond acceptors (Lipinski definition) is 4. The van der Waals surface area contributed by atoms with Crippen LogP contribution in [0.25, 0.3) is 99.5 Å². The fraction of sp³-hybridized carbons (Fsp3) is 0. The molecule has 2 aromatic heterocycles. The molecule has 8 aromatic carbocycles. The van der Waals surface area contributed by atoms with E-state index in [1.807, 2.05) is 30.3 Å². The lowest BCUT2D eigenvalue weighted by Crippen LogP contribution is -2.00. The third kappa shape index (κ3) is 4.65. The van der Waals surface area contributed by atoms with Gasteiger partial charge in [0.05, 0.1) is 0 Å². The van der Waals surface area contributed by atoms with Crippen LogP contribution < -0.4 is 0 Å². The first kappa shape index (κ1) is 27.5. The summed E-state index contributed by atoms with van der Waals surface area (Å²) in [5.74, 6) is 1.83. The number of aromatic nitrogens is 3. The van der Waals surface area contributed by atoms with E-state index in [0.29, 0.717) is 17.5 Å². The number of para-hydroxylation sites is 1. The van der Waals surface area contributed by atoms with Gasteiger partial charge >= 0.3 is 0 Å². The van der Waals surface area contributed by atoms with E-state index in [0.717, 1.165) is 55.1 Å². The van der Waals surface area contributed by atoms with Crippen molar-refractivity contribution in [3.8, 4) is 45.3 Å². The van der Waals surface area contributed by atoms with Gasteiger partial charge in [-0.05, 0) is 73.8 Å². The van der Waals surface area contributed by atoms with Crippen molar-refractivity contribution < 1.29 is 4.42 Å². The minimum absolute atomic E-state index is 0.595. The monoisotopic (exact) mass is 625 g/mol. The van der Waals surface area contributed by atoms with Crippen molar-refractivity contribution in [1.29, 1.82) is 0 Å². The van der Waals surface area contributed by atoms with E-state index in [-0.39, 0.29) is 0 Å². The minimum atomic E-state index is 0.595. The third-order valence-electron chi connectivity index (χ3n) is 9.50. The van der Waals surface area contributed by atoms with Crippen LogP contribution in [0.15, 0.2) is 168 Å². The van der Waals surface area contributed by atoms with E-state index in [4.69, 9.17) is 19.4 Å². The Morgan fingerprint density at radius 3 is 1.61 bits per heavy atom. The maximum atomic E-state index is 6.25. The van der Waals surface area contributed by atoms with E-state index in [2.05, 4.69) is 133 Å². The molecule has 0 fully saturated rings. The summed E-state index contributed by atoms with van der Waals surface area (Å²) in [6.07, 6.45) is 0. The Balaban J connectivity index is 1.15. The smallest absolute Gasteiger partial charge is 0.164 e. The average molecular weight is 626 g/mol. The van der Waals surface area contributed by atoms with Crippen LogP contribution in [0.2, 0.25) is 0 Å². The highest BCUT2D eigenvalue weighted by molar-refractivity contribution is 6.17. The van der Waals surface area contributed by atoms with Crippen LogP contribution in [0.5, 0.6) is 0 Å². The molecule has 0 saturated carbocycles. The lowest BCUT2D eigenvalue weighted by atomic mass is 9.96. The Bertz CT molecular complexity index is 2890. The zero-order chi connectivity index (χ0) is 32.3. The molecule has 0 aliphatic carbocycles. The summed E-state index contributed by atoms with van der Waals surface area (Å²) in [7, 11) is 0. The zero-order valence-corrected chi connectivity index (χ0v) is 26.3. The molecular formula is C45H27N3O. The molecule has 0 aliphatic heterocycles. The number of fused-ring (bicyclic) bond motifs is 8. The topological polar surface area (TPSA) is 51.8 Å². The molecule has 49 heavy (non-hydrogen) atoms. The van der Waals surface area contributed by atoms with E-state index in [1.165, 1.54) is 26.9 Å². The first-order chi connectivity index (χ1) is 24.2. The van der Waals surface area contributed by atoms with Crippen molar-refractivity contribution in [3.63, 3.8) is 0 Å². The molecule has 10 aromatic rings. The molecule has 2 heterocycles. The number of benzene rings is 8. The highest BCUT2D eigenvalue weighted by atomic mass is 16.3. The maximum Gasteiger partial charge on any atom is 0.164 e. The number of rotatable bonds is 4. The molecule has 0 atom stereocenters. The van der Waals surface area contributed by atoms with Crippen LogP contribution in [0.1, 0.15) is 0 Å². The molecule has 0 unspecified atom stereocenters. The van der Waals surface area contributed by atoms with Gasteiger partial charge in [0.15, 0.2) is 17.5 Å². The molecule has 0 saturated heterocycles. The standard InChI is InChI=1S/C45H27N3O/c1-2-9-28(10-3-1)30-12-8-13-32(25-30)43-46-44(48-45(47-43)34-20-24-40-39-15-6-7-16-41(39)49-42(40)27-34)33-19-21-36-31(26-33)18-23-37-35-14-5-4-11-29(35)17-22-38(36)37/h1-27H. The summed E-state index contributed by atoms with van der Waals surface area (Å²) >= 11 is 0. The van der Waals surface area contributed by atoms with Crippen LogP contribution in [-0.2, 0) is 0 Å². The second-order valence-corrected chi connectivity index (χ2v) is 12.4. The molecule has 10 rings (SSSR count). The van der Waals surface area contributed by atoms with Crippen LogP contribution in [0, 0.1) is 0 Å². The van der Waals surface area contributed by atoms with Crippen molar-refractivity contribution in [2.75, 3.05) is 0 Å². The summed E-state index contributed by atoms with van der Waals surface area (Å²) < 4.78 is 6.25. The van der Waals surface area contributed by atoms with Crippen molar-refractivity contribution in [2.24, 2.45) is 0 Å². The predicted octanol–water partition coefficient (Wildman–Crippen LogP) is 11.9. The largest absolute Gasteiger partial charge is 0.456 e. The Morgan fingerprint density at radius 1 is 0.286 bits per heavy atom. The van der Waals surface area contributed by atoms with Crippen molar-refractivity contribution >= 4 is 54.3 Å². The van der Waals surface area contributed by atoms with Gasteiger partial charge in [0, 0.05) is 27.5 Å². The zero-order valence-electron chi connectivity index (χ0n) is 26.3. The Labute approximate surface area is 282 Å². The second-order valence-electron chi connectivity index (χ2n) is 12.4. The summed E-state index contributed by atoms with van der Waals surface area (Å²) in [6.45, 7) is 0. The highest BCUT2D eigenvalue weighted by Crippen LogP contribution is 2.35. The molecule has 0 aliphatic rings. The maximum absolute atomic E-state index is 6.25.